The van der Waals surface area contributed by atoms with Crippen LogP contribution in [0.5, 0.6) is 0 Å². The predicted molar refractivity (Wildman–Crippen MR) is 76.3 cm³/mol. The highest BCUT2D eigenvalue weighted by Crippen LogP contribution is 2.29. The van der Waals surface area contributed by atoms with Crippen molar-refractivity contribution in [3.8, 4) is 0 Å². The van der Waals surface area contributed by atoms with E-state index in [2.05, 4.69) is 5.32 Å². The molecule has 1 saturated carbocycles. The van der Waals surface area contributed by atoms with Crippen molar-refractivity contribution in [2.24, 2.45) is 5.92 Å². The van der Waals surface area contributed by atoms with Gasteiger partial charge >= 0.3 is 5.97 Å². The van der Waals surface area contributed by atoms with Crippen LogP contribution in [0.25, 0.3) is 0 Å². The average Bonchev–Trinajstić information content (AvgIpc) is 3.22. The molecule has 0 radical (unpaired) electrons. The number of esters is 1. The number of halogens is 1. The Morgan fingerprint density at radius 3 is 2.58 bits per heavy atom. The summed E-state index contributed by atoms with van der Waals surface area (Å²) >= 11 is 5.88. The van der Waals surface area contributed by atoms with Gasteiger partial charge in [0.2, 0.25) is 0 Å². The van der Waals surface area contributed by atoms with Gasteiger partial charge in [0.1, 0.15) is 5.54 Å². The molecule has 0 aromatic heterocycles. The topological polar surface area (TPSA) is 38.3 Å². The van der Waals surface area contributed by atoms with Crippen LogP contribution in [-0.4, -0.2) is 25.2 Å². The summed E-state index contributed by atoms with van der Waals surface area (Å²) in [7, 11) is 1.43. The van der Waals surface area contributed by atoms with Crippen molar-refractivity contribution in [1.29, 1.82) is 0 Å². The van der Waals surface area contributed by atoms with Crippen molar-refractivity contribution < 1.29 is 9.53 Å². The van der Waals surface area contributed by atoms with Crippen molar-refractivity contribution >= 4 is 17.6 Å². The van der Waals surface area contributed by atoms with Gasteiger partial charge in [0.05, 0.1) is 7.11 Å². The van der Waals surface area contributed by atoms with Gasteiger partial charge in [0.15, 0.2) is 0 Å². The molecule has 19 heavy (non-hydrogen) atoms. The van der Waals surface area contributed by atoms with E-state index in [9.17, 15) is 4.79 Å². The number of nitrogens with one attached hydrogen (secondary N) is 1. The number of methoxy groups -OCH3 is 1. The van der Waals surface area contributed by atoms with E-state index < -0.39 is 5.54 Å². The lowest BCUT2D eigenvalue weighted by molar-refractivity contribution is -0.147. The highest BCUT2D eigenvalue weighted by Gasteiger charge is 2.36. The Morgan fingerprint density at radius 1 is 1.42 bits per heavy atom. The number of hydrogen-bond acceptors (Lipinski definition) is 3. The summed E-state index contributed by atoms with van der Waals surface area (Å²) in [5.41, 5.74) is 0.395. The van der Waals surface area contributed by atoms with E-state index in [1.807, 2.05) is 31.2 Å². The second kappa shape index (κ2) is 5.93. The Balaban J connectivity index is 2.06. The van der Waals surface area contributed by atoms with Crippen molar-refractivity contribution in [3.05, 3.63) is 34.9 Å². The number of ether oxygens (including phenoxy) is 1. The van der Waals surface area contributed by atoms with Crippen LogP contribution in [-0.2, 0) is 16.0 Å². The minimum absolute atomic E-state index is 0.219. The summed E-state index contributed by atoms with van der Waals surface area (Å²) < 4.78 is 4.94. The van der Waals surface area contributed by atoms with Gasteiger partial charge in [0.25, 0.3) is 0 Å². The SMILES string of the molecule is COC(=O)C(C)(Cc1ccc(Cl)cc1)NCC1CC1. The van der Waals surface area contributed by atoms with Crippen molar-refractivity contribution in [2.45, 2.75) is 31.7 Å². The lowest BCUT2D eigenvalue weighted by Crippen LogP contribution is -2.52. The van der Waals surface area contributed by atoms with E-state index in [1.165, 1.54) is 20.0 Å². The molecule has 104 valence electrons. The molecule has 1 unspecified atom stereocenters. The molecule has 3 nitrogen and oxygen atoms in total. The number of carbonyl (C=O) groups excluding carboxylic acids is 1. The first-order valence-electron chi connectivity index (χ1n) is 6.61. The van der Waals surface area contributed by atoms with Gasteiger partial charge in [-0.3, -0.25) is 4.79 Å². The van der Waals surface area contributed by atoms with E-state index in [-0.39, 0.29) is 5.97 Å². The normalized spacial score (nSPS) is 17.8. The standard InChI is InChI=1S/C15H20ClNO2/c1-15(14(18)19-2,17-10-12-3-4-12)9-11-5-7-13(16)8-6-11/h5-8,12,17H,3-4,9-10H2,1-2H3. The lowest BCUT2D eigenvalue weighted by atomic mass is 9.92. The van der Waals surface area contributed by atoms with Gasteiger partial charge in [-0.25, -0.2) is 0 Å². The minimum atomic E-state index is -0.675. The Hall–Kier alpha value is -1.06. The fraction of sp³-hybridized carbons (Fsp3) is 0.533. The maximum atomic E-state index is 12.0. The molecule has 0 heterocycles. The van der Waals surface area contributed by atoms with Gasteiger partial charge < -0.3 is 10.1 Å². The van der Waals surface area contributed by atoms with E-state index >= 15 is 0 Å². The van der Waals surface area contributed by atoms with Gasteiger partial charge in [0, 0.05) is 11.4 Å². The summed E-state index contributed by atoms with van der Waals surface area (Å²) in [6.07, 6.45) is 3.11. The lowest BCUT2D eigenvalue weighted by Gasteiger charge is -2.28. The van der Waals surface area contributed by atoms with Gasteiger partial charge in [-0.1, -0.05) is 23.7 Å². The van der Waals surface area contributed by atoms with Crippen LogP contribution in [0.3, 0.4) is 0 Å². The molecule has 0 saturated heterocycles. The molecule has 1 aliphatic rings. The van der Waals surface area contributed by atoms with Crippen LogP contribution in [0.4, 0.5) is 0 Å². The molecule has 4 heteroatoms. The third-order valence-corrected chi connectivity index (χ3v) is 3.84. The maximum absolute atomic E-state index is 12.0. The number of benzene rings is 1. The van der Waals surface area contributed by atoms with Crippen LogP contribution in [0, 0.1) is 5.92 Å². The van der Waals surface area contributed by atoms with Crippen molar-refractivity contribution in [2.75, 3.05) is 13.7 Å². The fourth-order valence-corrected chi connectivity index (χ4v) is 2.26. The second-order valence-corrected chi connectivity index (χ2v) is 5.89. The second-order valence-electron chi connectivity index (χ2n) is 5.45. The zero-order valence-corrected chi connectivity index (χ0v) is 12.2. The first kappa shape index (κ1) is 14.4. The van der Waals surface area contributed by atoms with E-state index in [1.54, 1.807) is 0 Å². The van der Waals surface area contributed by atoms with Gasteiger partial charge in [-0.15, -0.1) is 0 Å². The van der Waals surface area contributed by atoms with Gasteiger partial charge in [-0.2, -0.15) is 0 Å². The van der Waals surface area contributed by atoms with Gasteiger partial charge in [-0.05, 0) is 49.9 Å². The molecule has 1 fully saturated rings. The summed E-state index contributed by atoms with van der Waals surface area (Å²) in [6.45, 7) is 2.77. The Morgan fingerprint density at radius 2 is 2.05 bits per heavy atom. The van der Waals surface area contributed by atoms with Crippen LogP contribution < -0.4 is 5.32 Å². The molecule has 1 N–H and O–H groups in total. The first-order valence-corrected chi connectivity index (χ1v) is 6.99. The Labute approximate surface area is 119 Å². The molecule has 1 aromatic carbocycles. The third kappa shape index (κ3) is 3.95. The fourth-order valence-electron chi connectivity index (χ4n) is 2.13. The largest absolute Gasteiger partial charge is 0.468 e. The molecule has 1 atom stereocenters. The van der Waals surface area contributed by atoms with Crippen LogP contribution in [0.1, 0.15) is 25.3 Å². The summed E-state index contributed by atoms with van der Waals surface area (Å²) in [4.78, 5) is 12.0. The molecular weight excluding hydrogens is 262 g/mol. The molecular formula is C15H20ClNO2. The zero-order valence-electron chi connectivity index (χ0n) is 11.4. The molecule has 0 amide bonds. The summed E-state index contributed by atoms with van der Waals surface area (Å²) in [5.74, 6) is 0.497. The number of carbonyl (C=O) groups is 1. The summed E-state index contributed by atoms with van der Waals surface area (Å²) in [5, 5.41) is 4.07. The predicted octanol–water partition coefficient (Wildman–Crippen LogP) is 2.81. The first-order chi connectivity index (χ1) is 9.03. The molecule has 2 rings (SSSR count). The minimum Gasteiger partial charge on any atom is -0.468 e. The molecule has 0 bridgehead atoms. The van der Waals surface area contributed by atoms with Crippen LogP contribution in [0.15, 0.2) is 24.3 Å². The van der Waals surface area contributed by atoms with E-state index in [4.69, 9.17) is 16.3 Å². The quantitative estimate of drug-likeness (QED) is 0.815. The van der Waals surface area contributed by atoms with Crippen molar-refractivity contribution in [1.82, 2.24) is 5.32 Å². The number of hydrogen-bond donors (Lipinski definition) is 1. The molecule has 0 aliphatic heterocycles. The van der Waals surface area contributed by atoms with Crippen LogP contribution in [0.2, 0.25) is 5.02 Å². The highest BCUT2D eigenvalue weighted by molar-refractivity contribution is 6.30. The van der Waals surface area contributed by atoms with Crippen molar-refractivity contribution in [3.63, 3.8) is 0 Å². The zero-order chi connectivity index (χ0) is 13.9. The van der Waals surface area contributed by atoms with E-state index in [0.29, 0.717) is 17.4 Å². The number of rotatable bonds is 6. The molecule has 1 aromatic rings. The monoisotopic (exact) mass is 281 g/mol. The van der Waals surface area contributed by atoms with Crippen LogP contribution >= 0.6 is 11.6 Å². The Bertz CT molecular complexity index is 442. The highest BCUT2D eigenvalue weighted by atomic mass is 35.5. The summed E-state index contributed by atoms with van der Waals surface area (Å²) in [6, 6.07) is 7.58. The third-order valence-electron chi connectivity index (χ3n) is 3.58. The average molecular weight is 282 g/mol. The maximum Gasteiger partial charge on any atom is 0.326 e. The molecule has 0 spiro atoms. The Kier molecular flexibility index (Phi) is 4.48. The smallest absolute Gasteiger partial charge is 0.326 e. The molecule has 1 aliphatic carbocycles. The van der Waals surface area contributed by atoms with E-state index in [0.717, 1.165) is 12.1 Å².